The molecule has 7 heteroatoms. The summed E-state index contributed by atoms with van der Waals surface area (Å²) in [6, 6.07) is 10.8. The summed E-state index contributed by atoms with van der Waals surface area (Å²) >= 11 is 0. The molecule has 2 aromatic rings. The van der Waals surface area contributed by atoms with E-state index in [0.29, 0.717) is 5.56 Å². The molecule has 2 aromatic carbocycles. The van der Waals surface area contributed by atoms with Crippen LogP contribution >= 0.6 is 0 Å². The van der Waals surface area contributed by atoms with Gasteiger partial charge in [0.2, 0.25) is 5.91 Å². The van der Waals surface area contributed by atoms with Gasteiger partial charge in [0.15, 0.2) is 0 Å². The van der Waals surface area contributed by atoms with Crippen LogP contribution in [0.3, 0.4) is 0 Å². The third kappa shape index (κ3) is 4.04. The van der Waals surface area contributed by atoms with E-state index in [4.69, 9.17) is 0 Å². The Morgan fingerprint density at radius 3 is 2.52 bits per heavy atom. The van der Waals surface area contributed by atoms with Gasteiger partial charge in [-0.3, -0.25) is 14.5 Å². The average molecular weight is 423 g/mol. The second-order valence-electron chi connectivity index (χ2n) is 8.48. The summed E-state index contributed by atoms with van der Waals surface area (Å²) in [5, 5.41) is 5.51. The number of hydrogen-bond acceptors (Lipinski definition) is 3. The molecule has 162 valence electrons. The van der Waals surface area contributed by atoms with E-state index in [1.807, 2.05) is 13.0 Å². The molecule has 6 nitrogen and oxygen atoms in total. The highest BCUT2D eigenvalue weighted by atomic mass is 19.1. The number of amides is 4. The molecule has 2 atom stereocenters. The van der Waals surface area contributed by atoms with Crippen LogP contribution in [0.5, 0.6) is 0 Å². The lowest BCUT2D eigenvalue weighted by Crippen LogP contribution is -2.43. The van der Waals surface area contributed by atoms with Crippen molar-refractivity contribution in [3.8, 4) is 0 Å². The molecular formula is C24H26FN3O3. The normalized spacial score (nSPS) is 21.5. The molecule has 2 N–H and O–H groups in total. The standard InChI is InChI=1S/C24H26FN3O3/c1-15(17-8-7-16-5-3-4-6-18(16)13-17)26-21(29)14-28-22(30)24(2,27-23(28)31)19-9-11-20(25)12-10-19/h7-13,15H,3-6,14H2,1-2H3,(H,26,29)(H,27,31)/t15-,24-/m1/s1. The Kier molecular flexibility index (Phi) is 5.52. The molecule has 0 aromatic heterocycles. The van der Waals surface area contributed by atoms with E-state index in [-0.39, 0.29) is 12.6 Å². The van der Waals surface area contributed by atoms with Gasteiger partial charge >= 0.3 is 6.03 Å². The van der Waals surface area contributed by atoms with Gasteiger partial charge in [0.05, 0.1) is 6.04 Å². The van der Waals surface area contributed by atoms with Crippen molar-refractivity contribution in [1.29, 1.82) is 0 Å². The minimum Gasteiger partial charge on any atom is -0.348 e. The third-order valence-corrected chi connectivity index (χ3v) is 6.25. The molecule has 0 bridgehead atoms. The van der Waals surface area contributed by atoms with Gasteiger partial charge in [0.25, 0.3) is 5.91 Å². The Balaban J connectivity index is 1.43. The first-order chi connectivity index (χ1) is 14.8. The Morgan fingerprint density at radius 1 is 1.13 bits per heavy atom. The number of fused-ring (bicyclic) bond motifs is 1. The Hall–Kier alpha value is -3.22. The Bertz CT molecular complexity index is 1040. The summed E-state index contributed by atoms with van der Waals surface area (Å²) in [6.45, 7) is 3.06. The molecule has 1 aliphatic heterocycles. The predicted molar refractivity (Wildman–Crippen MR) is 114 cm³/mol. The fourth-order valence-electron chi connectivity index (χ4n) is 4.36. The highest BCUT2D eigenvalue weighted by Crippen LogP contribution is 2.29. The van der Waals surface area contributed by atoms with E-state index in [0.717, 1.165) is 23.3 Å². The summed E-state index contributed by atoms with van der Waals surface area (Å²) < 4.78 is 13.2. The zero-order valence-electron chi connectivity index (χ0n) is 17.7. The van der Waals surface area contributed by atoms with Gasteiger partial charge in [-0.15, -0.1) is 0 Å². The first-order valence-corrected chi connectivity index (χ1v) is 10.6. The van der Waals surface area contributed by atoms with Crippen molar-refractivity contribution < 1.29 is 18.8 Å². The van der Waals surface area contributed by atoms with Gasteiger partial charge in [-0.1, -0.05) is 30.3 Å². The van der Waals surface area contributed by atoms with Crippen LogP contribution in [0.4, 0.5) is 9.18 Å². The summed E-state index contributed by atoms with van der Waals surface area (Å²) in [4.78, 5) is 38.9. The van der Waals surface area contributed by atoms with Gasteiger partial charge in [-0.2, -0.15) is 0 Å². The lowest BCUT2D eigenvalue weighted by atomic mass is 9.89. The van der Waals surface area contributed by atoms with E-state index in [1.54, 1.807) is 6.92 Å². The zero-order valence-corrected chi connectivity index (χ0v) is 17.7. The van der Waals surface area contributed by atoms with Gasteiger partial charge < -0.3 is 10.6 Å². The molecular weight excluding hydrogens is 397 g/mol. The van der Waals surface area contributed by atoms with Crippen LogP contribution in [0.15, 0.2) is 42.5 Å². The SMILES string of the molecule is C[C@@H](NC(=O)CN1C(=O)N[C@](C)(c2ccc(F)cc2)C1=O)c1ccc2c(c1)CCCC2. The van der Waals surface area contributed by atoms with Crippen molar-refractivity contribution in [3.63, 3.8) is 0 Å². The number of carbonyl (C=O) groups is 3. The molecule has 4 amide bonds. The van der Waals surface area contributed by atoms with E-state index in [2.05, 4.69) is 22.8 Å². The second-order valence-corrected chi connectivity index (χ2v) is 8.48. The minimum atomic E-state index is -1.34. The molecule has 0 spiro atoms. The summed E-state index contributed by atoms with van der Waals surface area (Å²) in [6.07, 6.45) is 4.53. The lowest BCUT2D eigenvalue weighted by Gasteiger charge is -2.23. The monoisotopic (exact) mass is 423 g/mol. The number of rotatable bonds is 5. The van der Waals surface area contributed by atoms with E-state index < -0.39 is 29.2 Å². The largest absolute Gasteiger partial charge is 0.348 e. The number of carbonyl (C=O) groups excluding carboxylic acids is 3. The first-order valence-electron chi connectivity index (χ1n) is 10.6. The van der Waals surface area contributed by atoms with Gasteiger partial charge in [-0.05, 0) is 73.9 Å². The van der Waals surface area contributed by atoms with Crippen molar-refractivity contribution >= 4 is 17.8 Å². The highest BCUT2D eigenvalue weighted by Gasteiger charge is 2.49. The van der Waals surface area contributed by atoms with Crippen molar-refractivity contribution in [2.45, 2.75) is 51.1 Å². The zero-order chi connectivity index (χ0) is 22.2. The molecule has 31 heavy (non-hydrogen) atoms. The predicted octanol–water partition coefficient (Wildman–Crippen LogP) is 3.35. The summed E-state index contributed by atoms with van der Waals surface area (Å²) in [5.74, 6) is -1.39. The maximum absolute atomic E-state index is 13.2. The van der Waals surface area contributed by atoms with Crippen molar-refractivity contribution in [1.82, 2.24) is 15.5 Å². The molecule has 2 aliphatic rings. The smallest absolute Gasteiger partial charge is 0.325 e. The maximum atomic E-state index is 13.2. The lowest BCUT2D eigenvalue weighted by molar-refractivity contribution is -0.135. The average Bonchev–Trinajstić information content (AvgIpc) is 2.97. The fraction of sp³-hybridized carbons (Fsp3) is 0.375. The van der Waals surface area contributed by atoms with Gasteiger partial charge in [0.1, 0.15) is 17.9 Å². The molecule has 0 saturated carbocycles. The topological polar surface area (TPSA) is 78.5 Å². The van der Waals surface area contributed by atoms with Crippen LogP contribution in [0, 0.1) is 5.82 Å². The molecule has 4 rings (SSSR count). The number of hydrogen-bond donors (Lipinski definition) is 2. The number of imide groups is 1. The van der Waals surface area contributed by atoms with Crippen LogP contribution < -0.4 is 10.6 Å². The number of nitrogens with zero attached hydrogens (tertiary/aromatic N) is 1. The van der Waals surface area contributed by atoms with Crippen LogP contribution in [-0.4, -0.2) is 29.3 Å². The fourth-order valence-corrected chi connectivity index (χ4v) is 4.36. The van der Waals surface area contributed by atoms with Crippen LogP contribution in [0.25, 0.3) is 0 Å². The van der Waals surface area contributed by atoms with E-state index >= 15 is 0 Å². The molecule has 1 aliphatic carbocycles. The van der Waals surface area contributed by atoms with Crippen LogP contribution in [-0.2, 0) is 28.0 Å². The van der Waals surface area contributed by atoms with Crippen LogP contribution in [0.1, 0.15) is 55.0 Å². The molecule has 1 fully saturated rings. The minimum absolute atomic E-state index is 0.246. The summed E-state index contributed by atoms with van der Waals surface area (Å²) in [5.41, 5.74) is 2.82. The third-order valence-electron chi connectivity index (χ3n) is 6.25. The second kappa shape index (κ2) is 8.13. The number of halogens is 1. The Morgan fingerprint density at radius 2 is 1.81 bits per heavy atom. The molecule has 1 saturated heterocycles. The molecule has 0 radical (unpaired) electrons. The van der Waals surface area contributed by atoms with Crippen LogP contribution in [0.2, 0.25) is 0 Å². The Labute approximate surface area is 180 Å². The molecule has 1 heterocycles. The van der Waals surface area contributed by atoms with E-state index in [9.17, 15) is 18.8 Å². The first kappa shape index (κ1) is 21.0. The number of benzene rings is 2. The van der Waals surface area contributed by atoms with Crippen molar-refractivity contribution in [3.05, 3.63) is 70.5 Å². The van der Waals surface area contributed by atoms with Gasteiger partial charge in [0, 0.05) is 0 Å². The number of nitrogens with one attached hydrogen (secondary N) is 2. The van der Waals surface area contributed by atoms with E-state index in [1.165, 1.54) is 48.2 Å². The summed E-state index contributed by atoms with van der Waals surface area (Å²) in [7, 11) is 0. The van der Waals surface area contributed by atoms with Crippen molar-refractivity contribution in [2.24, 2.45) is 0 Å². The number of aryl methyl sites for hydroxylation is 2. The maximum Gasteiger partial charge on any atom is 0.325 e. The quantitative estimate of drug-likeness (QED) is 0.724. The van der Waals surface area contributed by atoms with Gasteiger partial charge in [-0.25, -0.2) is 9.18 Å². The highest BCUT2D eigenvalue weighted by molar-refractivity contribution is 6.09. The molecule has 0 unspecified atom stereocenters. The number of urea groups is 1. The van der Waals surface area contributed by atoms with Crippen molar-refractivity contribution in [2.75, 3.05) is 6.54 Å².